The first kappa shape index (κ1) is 14.9. The molecule has 6 nitrogen and oxygen atoms in total. The zero-order valence-electron chi connectivity index (χ0n) is 12.2. The zero-order chi connectivity index (χ0) is 15.1. The van der Waals surface area contributed by atoms with Crippen LogP contribution in [0.15, 0.2) is 36.9 Å². The van der Waals surface area contributed by atoms with E-state index in [4.69, 9.17) is 9.47 Å². The molecule has 6 heteroatoms. The van der Waals surface area contributed by atoms with Crippen molar-refractivity contribution >= 4 is 5.91 Å². The number of hydrogen-bond acceptors (Lipinski definition) is 4. The number of carbonyl (C=O) groups is 1. The summed E-state index contributed by atoms with van der Waals surface area (Å²) in [6.07, 6.45) is 6.22. The van der Waals surface area contributed by atoms with Crippen molar-refractivity contribution in [2.24, 2.45) is 0 Å². The van der Waals surface area contributed by atoms with Gasteiger partial charge in [0, 0.05) is 25.5 Å². The first-order valence-electron chi connectivity index (χ1n) is 6.70. The summed E-state index contributed by atoms with van der Waals surface area (Å²) in [5.41, 5.74) is 0.472. The van der Waals surface area contributed by atoms with Crippen LogP contribution >= 0.6 is 0 Å². The van der Waals surface area contributed by atoms with Crippen LogP contribution in [0.25, 0.3) is 0 Å². The Labute approximate surface area is 123 Å². The summed E-state index contributed by atoms with van der Waals surface area (Å²) < 4.78 is 12.3. The maximum absolute atomic E-state index is 12.2. The molecule has 1 aromatic carbocycles. The van der Waals surface area contributed by atoms with Gasteiger partial charge >= 0.3 is 0 Å². The quantitative estimate of drug-likeness (QED) is 0.788. The monoisotopic (exact) mass is 289 g/mol. The van der Waals surface area contributed by atoms with Crippen LogP contribution < -0.4 is 14.8 Å². The fraction of sp³-hybridized carbons (Fsp3) is 0.333. The second-order valence-corrected chi connectivity index (χ2v) is 4.48. The van der Waals surface area contributed by atoms with Crippen molar-refractivity contribution in [3.63, 3.8) is 0 Å². The van der Waals surface area contributed by atoms with Gasteiger partial charge in [0.1, 0.15) is 11.5 Å². The van der Waals surface area contributed by atoms with E-state index in [0.29, 0.717) is 23.6 Å². The normalized spacial score (nSPS) is 10.2. The average Bonchev–Trinajstić information content (AvgIpc) is 3.04. The van der Waals surface area contributed by atoms with Crippen LogP contribution in [0, 0.1) is 0 Å². The van der Waals surface area contributed by atoms with Crippen LogP contribution in [-0.2, 0) is 6.54 Å². The van der Waals surface area contributed by atoms with E-state index in [0.717, 1.165) is 13.0 Å². The van der Waals surface area contributed by atoms with E-state index >= 15 is 0 Å². The molecule has 0 unspecified atom stereocenters. The highest BCUT2D eigenvalue weighted by Gasteiger charge is 2.12. The number of hydrogen-bond donors (Lipinski definition) is 1. The molecule has 0 fully saturated rings. The number of ether oxygens (including phenoxy) is 2. The van der Waals surface area contributed by atoms with Crippen LogP contribution in [-0.4, -0.2) is 36.2 Å². The van der Waals surface area contributed by atoms with E-state index in [1.807, 2.05) is 10.8 Å². The Morgan fingerprint density at radius 3 is 2.86 bits per heavy atom. The van der Waals surface area contributed by atoms with Gasteiger partial charge in [0.15, 0.2) is 0 Å². The van der Waals surface area contributed by atoms with E-state index in [9.17, 15) is 4.79 Å². The molecule has 0 atom stereocenters. The summed E-state index contributed by atoms with van der Waals surface area (Å²) in [7, 11) is 3.10. The lowest BCUT2D eigenvalue weighted by Gasteiger charge is -2.11. The number of imidazole rings is 1. The van der Waals surface area contributed by atoms with Gasteiger partial charge < -0.3 is 19.4 Å². The van der Waals surface area contributed by atoms with E-state index in [1.165, 1.54) is 7.11 Å². The number of methoxy groups -OCH3 is 2. The molecule has 0 aliphatic carbocycles. The van der Waals surface area contributed by atoms with E-state index in [-0.39, 0.29) is 5.91 Å². The SMILES string of the molecule is COc1ccc(OC)c(C(=O)NCCCn2ccnc2)c1. The molecule has 2 aromatic rings. The van der Waals surface area contributed by atoms with Crippen LogP contribution in [0.2, 0.25) is 0 Å². The van der Waals surface area contributed by atoms with Gasteiger partial charge in [-0.3, -0.25) is 4.79 Å². The summed E-state index contributed by atoms with van der Waals surface area (Å²) in [6.45, 7) is 1.40. The minimum Gasteiger partial charge on any atom is -0.497 e. The molecule has 21 heavy (non-hydrogen) atoms. The maximum Gasteiger partial charge on any atom is 0.255 e. The lowest BCUT2D eigenvalue weighted by molar-refractivity contribution is 0.0949. The van der Waals surface area contributed by atoms with Crippen molar-refractivity contribution in [2.45, 2.75) is 13.0 Å². The molecule has 0 saturated heterocycles. The van der Waals surface area contributed by atoms with Crippen molar-refractivity contribution in [3.8, 4) is 11.5 Å². The molecule has 1 heterocycles. The van der Waals surface area contributed by atoms with Gasteiger partial charge in [-0.1, -0.05) is 0 Å². The van der Waals surface area contributed by atoms with Gasteiger partial charge in [-0.2, -0.15) is 0 Å². The molecule has 1 amide bonds. The standard InChI is InChI=1S/C15H19N3O3/c1-20-12-4-5-14(21-2)13(10-12)15(19)17-6-3-8-18-9-7-16-11-18/h4-5,7,9-11H,3,6,8H2,1-2H3,(H,17,19). The third-order valence-corrected chi connectivity index (χ3v) is 3.09. The predicted octanol–water partition coefficient (Wildman–Crippen LogP) is 1.72. The Kier molecular flexibility index (Phi) is 5.20. The topological polar surface area (TPSA) is 65.4 Å². The summed E-state index contributed by atoms with van der Waals surface area (Å²) in [5, 5.41) is 2.88. The number of nitrogens with one attached hydrogen (secondary N) is 1. The number of rotatable bonds is 7. The third kappa shape index (κ3) is 3.98. The van der Waals surface area contributed by atoms with E-state index in [2.05, 4.69) is 10.3 Å². The van der Waals surface area contributed by atoms with Crippen molar-refractivity contribution in [1.82, 2.24) is 14.9 Å². The number of carbonyl (C=O) groups excluding carboxylic acids is 1. The smallest absolute Gasteiger partial charge is 0.255 e. The fourth-order valence-corrected chi connectivity index (χ4v) is 1.97. The van der Waals surface area contributed by atoms with Crippen molar-refractivity contribution < 1.29 is 14.3 Å². The van der Waals surface area contributed by atoms with Crippen molar-refractivity contribution in [3.05, 3.63) is 42.5 Å². The minimum atomic E-state index is -0.170. The largest absolute Gasteiger partial charge is 0.497 e. The van der Waals surface area contributed by atoms with Gasteiger partial charge in [-0.05, 0) is 24.6 Å². The molecule has 0 aliphatic rings. The number of benzene rings is 1. The molecule has 0 aliphatic heterocycles. The number of amides is 1. The van der Waals surface area contributed by atoms with Gasteiger partial charge in [0.2, 0.25) is 0 Å². The maximum atomic E-state index is 12.2. The predicted molar refractivity (Wildman–Crippen MR) is 78.7 cm³/mol. The lowest BCUT2D eigenvalue weighted by atomic mass is 10.1. The number of aryl methyl sites for hydroxylation is 1. The number of nitrogens with zero attached hydrogens (tertiary/aromatic N) is 2. The van der Waals surface area contributed by atoms with E-state index < -0.39 is 0 Å². The molecule has 0 spiro atoms. The summed E-state index contributed by atoms with van der Waals surface area (Å²) in [4.78, 5) is 16.2. The van der Waals surface area contributed by atoms with Gasteiger partial charge in [0.25, 0.3) is 5.91 Å². The molecule has 112 valence electrons. The molecule has 0 saturated carbocycles. The van der Waals surface area contributed by atoms with Crippen molar-refractivity contribution in [2.75, 3.05) is 20.8 Å². The summed E-state index contributed by atoms with van der Waals surface area (Å²) >= 11 is 0. The van der Waals surface area contributed by atoms with Gasteiger partial charge in [-0.25, -0.2) is 4.98 Å². The molecule has 0 radical (unpaired) electrons. The highest BCUT2D eigenvalue weighted by molar-refractivity contribution is 5.97. The van der Waals surface area contributed by atoms with Crippen LogP contribution in [0.1, 0.15) is 16.8 Å². The Bertz CT molecular complexity index is 582. The summed E-state index contributed by atoms with van der Waals surface area (Å²) in [5.74, 6) is 0.985. The third-order valence-electron chi connectivity index (χ3n) is 3.09. The Hall–Kier alpha value is -2.50. The highest BCUT2D eigenvalue weighted by atomic mass is 16.5. The second kappa shape index (κ2) is 7.33. The van der Waals surface area contributed by atoms with Gasteiger partial charge in [0.05, 0.1) is 26.1 Å². The molecular weight excluding hydrogens is 270 g/mol. The zero-order valence-corrected chi connectivity index (χ0v) is 12.2. The molecule has 1 aromatic heterocycles. The molecular formula is C15H19N3O3. The lowest BCUT2D eigenvalue weighted by Crippen LogP contribution is -2.25. The average molecular weight is 289 g/mol. The minimum absolute atomic E-state index is 0.170. The molecule has 0 bridgehead atoms. The van der Waals surface area contributed by atoms with Gasteiger partial charge in [-0.15, -0.1) is 0 Å². The van der Waals surface area contributed by atoms with Crippen LogP contribution in [0.5, 0.6) is 11.5 Å². The number of aromatic nitrogens is 2. The van der Waals surface area contributed by atoms with Crippen LogP contribution in [0.3, 0.4) is 0 Å². The second-order valence-electron chi connectivity index (χ2n) is 4.48. The fourth-order valence-electron chi connectivity index (χ4n) is 1.97. The van der Waals surface area contributed by atoms with Crippen LogP contribution in [0.4, 0.5) is 0 Å². The molecule has 2 rings (SSSR count). The Morgan fingerprint density at radius 1 is 1.33 bits per heavy atom. The Morgan fingerprint density at radius 2 is 2.19 bits per heavy atom. The molecule has 1 N–H and O–H groups in total. The first-order valence-corrected chi connectivity index (χ1v) is 6.70. The summed E-state index contributed by atoms with van der Waals surface area (Å²) in [6, 6.07) is 5.15. The Balaban J connectivity index is 1.90. The first-order chi connectivity index (χ1) is 10.2. The van der Waals surface area contributed by atoms with Crippen molar-refractivity contribution in [1.29, 1.82) is 0 Å². The highest BCUT2D eigenvalue weighted by Crippen LogP contribution is 2.23. The van der Waals surface area contributed by atoms with E-state index in [1.54, 1.807) is 37.8 Å².